The SMILES string of the molecule is CC(C)c1nc(C(=O)Nc2cnns2)n[nH]1. The number of H-pyrrole nitrogens is 1. The average Bonchev–Trinajstić information content (AvgIpc) is 2.86. The van der Waals surface area contributed by atoms with Crippen molar-refractivity contribution in [1.82, 2.24) is 24.8 Å². The van der Waals surface area contributed by atoms with Crippen molar-refractivity contribution in [2.24, 2.45) is 0 Å². The zero-order valence-corrected chi connectivity index (χ0v) is 9.58. The van der Waals surface area contributed by atoms with Gasteiger partial charge in [-0.3, -0.25) is 9.89 Å². The van der Waals surface area contributed by atoms with Crippen LogP contribution < -0.4 is 5.32 Å². The Morgan fingerprint density at radius 1 is 1.56 bits per heavy atom. The van der Waals surface area contributed by atoms with Crippen LogP contribution >= 0.6 is 11.5 Å². The minimum Gasteiger partial charge on any atom is -0.308 e. The highest BCUT2D eigenvalue weighted by Crippen LogP contribution is 2.11. The van der Waals surface area contributed by atoms with Gasteiger partial charge in [-0.25, -0.2) is 4.98 Å². The van der Waals surface area contributed by atoms with Crippen LogP contribution in [0.3, 0.4) is 0 Å². The topological polar surface area (TPSA) is 96.5 Å². The fourth-order valence-corrected chi connectivity index (χ4v) is 1.44. The summed E-state index contributed by atoms with van der Waals surface area (Å²) < 4.78 is 3.63. The predicted molar refractivity (Wildman–Crippen MR) is 58.3 cm³/mol. The van der Waals surface area contributed by atoms with Gasteiger partial charge < -0.3 is 5.32 Å². The van der Waals surface area contributed by atoms with E-state index in [1.807, 2.05) is 13.8 Å². The number of carbonyl (C=O) groups excluding carboxylic acids is 1. The van der Waals surface area contributed by atoms with Crippen molar-refractivity contribution in [2.75, 3.05) is 5.32 Å². The second kappa shape index (κ2) is 4.35. The molecule has 0 aliphatic rings. The lowest BCUT2D eigenvalue weighted by Gasteiger charge is -1.96. The molecule has 0 saturated carbocycles. The normalized spacial score (nSPS) is 10.7. The molecule has 0 fully saturated rings. The lowest BCUT2D eigenvalue weighted by Crippen LogP contribution is -2.12. The molecule has 2 aromatic heterocycles. The molecule has 8 heteroatoms. The fraction of sp³-hybridized carbons (Fsp3) is 0.375. The lowest BCUT2D eigenvalue weighted by atomic mass is 10.2. The third-order valence-corrected chi connectivity index (χ3v) is 2.43. The summed E-state index contributed by atoms with van der Waals surface area (Å²) in [6.07, 6.45) is 1.47. The molecule has 0 aliphatic carbocycles. The molecule has 2 heterocycles. The monoisotopic (exact) mass is 238 g/mol. The number of aromatic amines is 1. The fourth-order valence-electron chi connectivity index (χ4n) is 1.02. The van der Waals surface area contributed by atoms with Gasteiger partial charge in [-0.15, -0.1) is 10.2 Å². The summed E-state index contributed by atoms with van der Waals surface area (Å²) in [7, 11) is 0. The molecule has 0 bridgehead atoms. The molecule has 84 valence electrons. The van der Waals surface area contributed by atoms with Crippen molar-refractivity contribution in [3.8, 4) is 0 Å². The van der Waals surface area contributed by atoms with Crippen molar-refractivity contribution in [3.63, 3.8) is 0 Å². The molecule has 7 nitrogen and oxygen atoms in total. The van der Waals surface area contributed by atoms with Gasteiger partial charge in [0, 0.05) is 17.5 Å². The summed E-state index contributed by atoms with van der Waals surface area (Å²) in [5.74, 6) is 0.651. The van der Waals surface area contributed by atoms with Crippen LogP contribution in [0.1, 0.15) is 36.2 Å². The van der Waals surface area contributed by atoms with E-state index in [1.165, 1.54) is 6.20 Å². The molecule has 2 rings (SSSR count). The van der Waals surface area contributed by atoms with Crippen molar-refractivity contribution < 1.29 is 4.79 Å². The first-order chi connectivity index (χ1) is 7.66. The molecule has 0 unspecified atom stereocenters. The first-order valence-corrected chi connectivity index (χ1v) is 5.45. The molecule has 2 N–H and O–H groups in total. The van der Waals surface area contributed by atoms with Crippen molar-refractivity contribution in [1.29, 1.82) is 0 Å². The molecule has 0 saturated heterocycles. The number of nitrogens with zero attached hydrogens (tertiary/aromatic N) is 4. The number of carbonyl (C=O) groups is 1. The number of hydrogen-bond acceptors (Lipinski definition) is 6. The number of rotatable bonds is 3. The molecular weight excluding hydrogens is 228 g/mol. The molecule has 0 aliphatic heterocycles. The van der Waals surface area contributed by atoms with Crippen molar-refractivity contribution >= 4 is 22.4 Å². The second-order valence-electron chi connectivity index (χ2n) is 3.43. The van der Waals surface area contributed by atoms with Crippen LogP contribution in [-0.4, -0.2) is 30.7 Å². The van der Waals surface area contributed by atoms with Crippen molar-refractivity contribution in [2.45, 2.75) is 19.8 Å². The van der Waals surface area contributed by atoms with Crippen LogP contribution in [0.5, 0.6) is 0 Å². The van der Waals surface area contributed by atoms with Crippen LogP contribution in [0.4, 0.5) is 5.00 Å². The van der Waals surface area contributed by atoms with Gasteiger partial charge in [0.2, 0.25) is 5.82 Å². The van der Waals surface area contributed by atoms with Gasteiger partial charge in [0.1, 0.15) is 10.8 Å². The maximum Gasteiger partial charge on any atom is 0.296 e. The minimum atomic E-state index is -0.366. The molecule has 0 aromatic carbocycles. The third kappa shape index (κ3) is 2.22. The summed E-state index contributed by atoms with van der Waals surface area (Å²) in [5.41, 5.74) is 0. The highest BCUT2D eigenvalue weighted by atomic mass is 32.1. The Kier molecular flexibility index (Phi) is 2.91. The average molecular weight is 238 g/mol. The number of hydrogen-bond donors (Lipinski definition) is 2. The minimum absolute atomic E-state index is 0.122. The van der Waals surface area contributed by atoms with Crippen LogP contribution in [0.15, 0.2) is 6.20 Å². The summed E-state index contributed by atoms with van der Waals surface area (Å²) in [4.78, 5) is 15.7. The van der Waals surface area contributed by atoms with Gasteiger partial charge in [0.05, 0.1) is 6.20 Å². The standard InChI is InChI=1S/C8H10N6OS/c1-4(2)6-11-7(13-12-6)8(15)10-5-3-9-14-16-5/h3-4H,1-2H3,(H,10,15)(H,11,12,13). The summed E-state index contributed by atoms with van der Waals surface area (Å²) in [5, 5.41) is 13.3. The second-order valence-corrected chi connectivity index (χ2v) is 4.22. The highest BCUT2D eigenvalue weighted by Gasteiger charge is 2.14. The molecule has 1 amide bonds. The Hall–Kier alpha value is -1.83. The molecule has 2 aromatic rings. The quantitative estimate of drug-likeness (QED) is 0.832. The summed E-state index contributed by atoms with van der Waals surface area (Å²) in [6.45, 7) is 3.94. The highest BCUT2D eigenvalue weighted by molar-refractivity contribution is 7.10. The maximum atomic E-state index is 11.6. The van der Waals surface area contributed by atoms with Gasteiger partial charge in [-0.2, -0.15) is 0 Å². The number of aromatic nitrogens is 5. The summed E-state index contributed by atoms with van der Waals surface area (Å²) >= 11 is 1.10. The van der Waals surface area contributed by atoms with E-state index in [2.05, 4.69) is 30.1 Å². The molecule has 0 radical (unpaired) electrons. The van der Waals surface area contributed by atoms with E-state index in [9.17, 15) is 4.79 Å². The summed E-state index contributed by atoms with van der Waals surface area (Å²) in [6, 6.07) is 0. The number of anilines is 1. The van der Waals surface area contributed by atoms with E-state index in [-0.39, 0.29) is 17.6 Å². The first kappa shape index (κ1) is 10.7. The Morgan fingerprint density at radius 3 is 2.94 bits per heavy atom. The third-order valence-electron chi connectivity index (χ3n) is 1.85. The van der Waals surface area contributed by atoms with Gasteiger partial charge >= 0.3 is 0 Å². The number of nitrogens with one attached hydrogen (secondary N) is 2. The van der Waals surface area contributed by atoms with Crippen LogP contribution in [0.2, 0.25) is 0 Å². The van der Waals surface area contributed by atoms with Crippen LogP contribution in [0, 0.1) is 0 Å². The maximum absolute atomic E-state index is 11.6. The Balaban J connectivity index is 2.09. The lowest BCUT2D eigenvalue weighted by molar-refractivity contribution is 0.101. The van der Waals surface area contributed by atoms with Gasteiger partial charge in [0.25, 0.3) is 5.91 Å². The zero-order chi connectivity index (χ0) is 11.5. The Labute approximate surface area is 95.5 Å². The zero-order valence-electron chi connectivity index (χ0n) is 8.76. The van der Waals surface area contributed by atoms with E-state index >= 15 is 0 Å². The van der Waals surface area contributed by atoms with E-state index in [1.54, 1.807) is 0 Å². The van der Waals surface area contributed by atoms with Crippen molar-refractivity contribution in [3.05, 3.63) is 17.8 Å². The molecule has 16 heavy (non-hydrogen) atoms. The van der Waals surface area contributed by atoms with E-state index in [4.69, 9.17) is 0 Å². The largest absolute Gasteiger partial charge is 0.308 e. The van der Waals surface area contributed by atoms with Crippen LogP contribution in [-0.2, 0) is 0 Å². The number of amides is 1. The molecule has 0 atom stereocenters. The van der Waals surface area contributed by atoms with E-state index < -0.39 is 0 Å². The molecular formula is C8H10N6OS. The van der Waals surface area contributed by atoms with E-state index in [0.29, 0.717) is 10.8 Å². The van der Waals surface area contributed by atoms with Gasteiger partial charge in [0.15, 0.2) is 0 Å². The predicted octanol–water partition coefficient (Wildman–Crippen LogP) is 1.03. The van der Waals surface area contributed by atoms with Gasteiger partial charge in [-0.05, 0) is 0 Å². The molecule has 0 spiro atoms. The Bertz CT molecular complexity index is 476. The van der Waals surface area contributed by atoms with Gasteiger partial charge in [-0.1, -0.05) is 18.3 Å². The Morgan fingerprint density at radius 2 is 2.38 bits per heavy atom. The van der Waals surface area contributed by atoms with E-state index in [0.717, 1.165) is 11.5 Å². The first-order valence-electron chi connectivity index (χ1n) is 4.68. The smallest absolute Gasteiger partial charge is 0.296 e. The van der Waals surface area contributed by atoms with Crippen LogP contribution in [0.25, 0.3) is 0 Å².